The van der Waals surface area contributed by atoms with Crippen molar-refractivity contribution in [2.24, 2.45) is 7.05 Å². The maximum absolute atomic E-state index is 12.5. The van der Waals surface area contributed by atoms with Gasteiger partial charge in [0.15, 0.2) is 11.5 Å². The van der Waals surface area contributed by atoms with Crippen LogP contribution in [-0.2, 0) is 13.6 Å². The molecule has 0 bridgehead atoms. The molecule has 0 radical (unpaired) electrons. The molecule has 27 heavy (non-hydrogen) atoms. The van der Waals surface area contributed by atoms with Gasteiger partial charge in [-0.3, -0.25) is 13.9 Å². The SMILES string of the molecule is CCn1c2c(c(=O)n(C)c1=O)N(C)C(/C=C/c1ccc(OC)c(OC)c1)N2. The van der Waals surface area contributed by atoms with E-state index in [1.165, 1.54) is 7.05 Å². The van der Waals surface area contributed by atoms with E-state index in [1.54, 1.807) is 18.8 Å². The number of rotatable bonds is 5. The molecule has 1 unspecified atom stereocenters. The summed E-state index contributed by atoms with van der Waals surface area (Å²) in [4.78, 5) is 26.7. The van der Waals surface area contributed by atoms with E-state index in [0.717, 1.165) is 10.1 Å². The van der Waals surface area contributed by atoms with E-state index in [-0.39, 0.29) is 17.4 Å². The second-order valence-electron chi connectivity index (χ2n) is 6.26. The first-order valence-corrected chi connectivity index (χ1v) is 8.66. The maximum atomic E-state index is 12.5. The minimum Gasteiger partial charge on any atom is -0.493 e. The van der Waals surface area contributed by atoms with E-state index in [9.17, 15) is 9.59 Å². The van der Waals surface area contributed by atoms with Crippen LogP contribution >= 0.6 is 0 Å². The van der Waals surface area contributed by atoms with Crippen molar-refractivity contribution in [2.75, 3.05) is 31.5 Å². The van der Waals surface area contributed by atoms with E-state index in [0.29, 0.717) is 29.5 Å². The molecule has 1 aliphatic rings. The molecule has 1 atom stereocenters. The number of hydrogen-bond donors (Lipinski definition) is 1. The quantitative estimate of drug-likeness (QED) is 0.857. The Morgan fingerprint density at radius 1 is 1.15 bits per heavy atom. The van der Waals surface area contributed by atoms with Crippen molar-refractivity contribution in [1.82, 2.24) is 9.13 Å². The van der Waals surface area contributed by atoms with Crippen LogP contribution < -0.4 is 30.9 Å². The number of benzene rings is 1. The van der Waals surface area contributed by atoms with Gasteiger partial charge in [0.25, 0.3) is 5.56 Å². The summed E-state index contributed by atoms with van der Waals surface area (Å²) in [5, 5.41) is 3.27. The van der Waals surface area contributed by atoms with E-state index >= 15 is 0 Å². The van der Waals surface area contributed by atoms with Gasteiger partial charge >= 0.3 is 5.69 Å². The molecule has 0 spiro atoms. The smallest absolute Gasteiger partial charge is 0.332 e. The van der Waals surface area contributed by atoms with Crippen LogP contribution in [0, 0.1) is 0 Å². The topological polar surface area (TPSA) is 77.7 Å². The van der Waals surface area contributed by atoms with Crippen LogP contribution in [0.4, 0.5) is 11.5 Å². The largest absolute Gasteiger partial charge is 0.493 e. The number of aromatic nitrogens is 2. The molecule has 1 aliphatic heterocycles. The fourth-order valence-electron chi connectivity index (χ4n) is 3.22. The standard InChI is InChI=1S/C19H24N4O4/c1-6-23-17-16(18(24)22(3)19(23)25)21(2)15(20-17)10-8-12-7-9-13(26-4)14(11-12)27-5/h7-11,15,20H,6H2,1-5H3/b10-8+. The molecule has 3 rings (SSSR count). The Bertz CT molecular complexity index is 1010. The summed E-state index contributed by atoms with van der Waals surface area (Å²) in [6, 6.07) is 5.63. The molecule has 8 nitrogen and oxygen atoms in total. The Hall–Kier alpha value is -3.16. The van der Waals surface area contributed by atoms with Crippen molar-refractivity contribution in [3.8, 4) is 11.5 Å². The average Bonchev–Trinajstić information content (AvgIpc) is 3.01. The van der Waals surface area contributed by atoms with Crippen molar-refractivity contribution in [3.05, 3.63) is 50.7 Å². The van der Waals surface area contributed by atoms with Crippen molar-refractivity contribution in [3.63, 3.8) is 0 Å². The lowest BCUT2D eigenvalue weighted by Crippen LogP contribution is -2.39. The monoisotopic (exact) mass is 372 g/mol. The third-order valence-corrected chi connectivity index (χ3v) is 4.77. The first-order chi connectivity index (χ1) is 12.9. The number of hydrogen-bond acceptors (Lipinski definition) is 6. The first-order valence-electron chi connectivity index (χ1n) is 8.66. The normalized spacial score (nSPS) is 15.7. The fourth-order valence-corrected chi connectivity index (χ4v) is 3.22. The number of nitrogens with zero attached hydrogens (tertiary/aromatic N) is 3. The second-order valence-corrected chi connectivity index (χ2v) is 6.26. The summed E-state index contributed by atoms with van der Waals surface area (Å²) >= 11 is 0. The van der Waals surface area contributed by atoms with Gasteiger partial charge in [-0.2, -0.15) is 0 Å². The molecule has 1 aromatic carbocycles. The molecule has 2 heterocycles. The number of likely N-dealkylation sites (N-methyl/N-ethyl adjacent to an activating group) is 1. The third-order valence-electron chi connectivity index (χ3n) is 4.77. The van der Waals surface area contributed by atoms with Gasteiger partial charge < -0.3 is 19.7 Å². The molecule has 144 valence electrons. The lowest BCUT2D eigenvalue weighted by molar-refractivity contribution is 0.355. The van der Waals surface area contributed by atoms with Crippen LogP contribution in [0.1, 0.15) is 12.5 Å². The molecule has 0 saturated heterocycles. The van der Waals surface area contributed by atoms with Crippen molar-refractivity contribution in [2.45, 2.75) is 19.6 Å². The maximum Gasteiger partial charge on any atom is 0.332 e. The summed E-state index contributed by atoms with van der Waals surface area (Å²) in [7, 11) is 6.51. The van der Waals surface area contributed by atoms with Crippen LogP contribution in [0.2, 0.25) is 0 Å². The number of methoxy groups -OCH3 is 2. The molecule has 1 aromatic heterocycles. The highest BCUT2D eigenvalue weighted by atomic mass is 16.5. The molecule has 0 saturated carbocycles. The molecular formula is C19H24N4O4. The third kappa shape index (κ3) is 3.07. The highest BCUT2D eigenvalue weighted by Gasteiger charge is 2.30. The molecule has 8 heteroatoms. The number of fused-ring (bicyclic) bond motifs is 1. The zero-order valence-electron chi connectivity index (χ0n) is 16.1. The minimum absolute atomic E-state index is 0.250. The van der Waals surface area contributed by atoms with E-state index in [2.05, 4.69) is 5.32 Å². The molecule has 1 N–H and O–H groups in total. The predicted molar refractivity (Wildman–Crippen MR) is 106 cm³/mol. The lowest BCUT2D eigenvalue weighted by atomic mass is 10.2. The van der Waals surface area contributed by atoms with Gasteiger partial charge in [0.2, 0.25) is 0 Å². The van der Waals surface area contributed by atoms with Crippen LogP contribution in [0.5, 0.6) is 11.5 Å². The number of ether oxygens (including phenoxy) is 2. The van der Waals surface area contributed by atoms with Crippen molar-refractivity contribution < 1.29 is 9.47 Å². The predicted octanol–water partition coefficient (Wildman–Crippen LogP) is 1.49. The van der Waals surface area contributed by atoms with Crippen LogP contribution in [0.15, 0.2) is 33.9 Å². The van der Waals surface area contributed by atoms with Gasteiger partial charge in [0.1, 0.15) is 17.7 Å². The van der Waals surface area contributed by atoms with Gasteiger partial charge in [0, 0.05) is 20.6 Å². The van der Waals surface area contributed by atoms with Crippen LogP contribution in [-0.4, -0.2) is 36.6 Å². The summed E-state index contributed by atoms with van der Waals surface area (Å²) in [5.41, 5.74) is 0.781. The van der Waals surface area contributed by atoms with E-state index in [1.807, 2.05) is 49.2 Å². The van der Waals surface area contributed by atoms with Crippen LogP contribution in [0.25, 0.3) is 6.08 Å². The summed E-state index contributed by atoms with van der Waals surface area (Å²) in [6.07, 6.45) is 3.62. The fraction of sp³-hybridized carbons (Fsp3) is 0.368. The zero-order valence-corrected chi connectivity index (χ0v) is 16.1. The molecular weight excluding hydrogens is 348 g/mol. The molecule has 0 fully saturated rings. The van der Waals surface area contributed by atoms with Gasteiger partial charge in [-0.25, -0.2) is 4.79 Å². The Labute approximate surface area is 157 Å². The summed E-state index contributed by atoms with van der Waals surface area (Å²) in [5.74, 6) is 1.85. The van der Waals surface area contributed by atoms with Gasteiger partial charge in [0.05, 0.1) is 14.2 Å². The van der Waals surface area contributed by atoms with E-state index in [4.69, 9.17) is 9.47 Å². The Morgan fingerprint density at radius 2 is 1.85 bits per heavy atom. The highest BCUT2D eigenvalue weighted by molar-refractivity contribution is 5.73. The zero-order chi connectivity index (χ0) is 19.7. The first kappa shape index (κ1) is 18.6. The molecule has 0 aliphatic carbocycles. The van der Waals surface area contributed by atoms with Gasteiger partial charge in [-0.1, -0.05) is 12.1 Å². The summed E-state index contributed by atoms with van der Waals surface area (Å²) < 4.78 is 13.3. The number of nitrogens with one attached hydrogen (secondary N) is 1. The van der Waals surface area contributed by atoms with Crippen LogP contribution in [0.3, 0.4) is 0 Å². The van der Waals surface area contributed by atoms with Gasteiger partial charge in [-0.05, 0) is 30.7 Å². The highest BCUT2D eigenvalue weighted by Crippen LogP contribution is 2.31. The second kappa shape index (κ2) is 7.22. The Kier molecular flexibility index (Phi) is 4.98. The van der Waals surface area contributed by atoms with Crippen molar-refractivity contribution in [1.29, 1.82) is 0 Å². The Morgan fingerprint density at radius 3 is 2.48 bits per heavy atom. The van der Waals surface area contributed by atoms with Crippen molar-refractivity contribution >= 4 is 17.6 Å². The Balaban J connectivity index is 1.94. The summed E-state index contributed by atoms with van der Waals surface area (Å²) in [6.45, 7) is 2.35. The average molecular weight is 372 g/mol. The van der Waals surface area contributed by atoms with E-state index < -0.39 is 0 Å². The molecule has 2 aromatic rings. The molecule has 0 amide bonds. The minimum atomic E-state index is -0.327. The van der Waals surface area contributed by atoms with Gasteiger partial charge in [-0.15, -0.1) is 0 Å². The lowest BCUT2D eigenvalue weighted by Gasteiger charge is -2.18. The number of anilines is 2.